The first-order valence-corrected chi connectivity index (χ1v) is 20.2. The SMILES string of the molecule is CCOC1CCC([n+]2cc(NC(=O)c3csc(-c4cnn(COP(=O)(NC(C)C(=O)OC(C)C)Oc5ccccc5)c4)n3)c(-c3nc(F)ccc3F)[nH]2)CC1. The summed E-state index contributed by atoms with van der Waals surface area (Å²) in [5, 5.41) is 14.8. The molecular weight excluding hydrogens is 757 g/mol. The lowest BCUT2D eigenvalue weighted by Crippen LogP contribution is -2.43. The highest BCUT2D eigenvalue weighted by molar-refractivity contribution is 7.52. The second kappa shape index (κ2) is 17.7. The zero-order chi connectivity index (χ0) is 39.1. The molecule has 5 aromatic rings. The maximum absolute atomic E-state index is 15.0. The summed E-state index contributed by atoms with van der Waals surface area (Å²) in [6.45, 7) is 7.14. The number of aromatic amines is 1. The number of esters is 1. The van der Waals surface area contributed by atoms with Crippen LogP contribution in [-0.4, -0.2) is 61.6 Å². The molecule has 2 atom stereocenters. The Morgan fingerprint density at radius 1 is 1.09 bits per heavy atom. The predicted octanol–water partition coefficient (Wildman–Crippen LogP) is 6.83. The highest BCUT2D eigenvalue weighted by atomic mass is 32.1. The Balaban J connectivity index is 1.16. The zero-order valence-electron chi connectivity index (χ0n) is 30.6. The number of para-hydroxylation sites is 1. The molecule has 3 N–H and O–H groups in total. The van der Waals surface area contributed by atoms with Gasteiger partial charge in [-0.3, -0.25) is 14.1 Å². The second-order valence-corrected chi connectivity index (χ2v) is 15.6. The van der Waals surface area contributed by atoms with Crippen molar-refractivity contribution in [2.24, 2.45) is 0 Å². The van der Waals surface area contributed by atoms with Gasteiger partial charge in [0, 0.05) is 36.6 Å². The van der Waals surface area contributed by atoms with E-state index < -0.39 is 37.4 Å². The maximum Gasteiger partial charge on any atom is 0.461 e. The first-order valence-electron chi connectivity index (χ1n) is 17.7. The van der Waals surface area contributed by atoms with E-state index in [-0.39, 0.29) is 53.5 Å². The number of aromatic nitrogens is 6. The van der Waals surface area contributed by atoms with Crippen molar-refractivity contribution in [2.45, 2.75) is 84.4 Å². The molecule has 0 saturated heterocycles. The van der Waals surface area contributed by atoms with E-state index in [4.69, 9.17) is 18.5 Å². The summed E-state index contributed by atoms with van der Waals surface area (Å²) in [4.78, 5) is 34.3. The van der Waals surface area contributed by atoms with Gasteiger partial charge in [0.15, 0.2) is 24.3 Å². The number of anilines is 1. The lowest BCUT2D eigenvalue weighted by molar-refractivity contribution is -0.775. The molecule has 55 heavy (non-hydrogen) atoms. The maximum atomic E-state index is 15.0. The Hall–Kier alpha value is -4.87. The molecule has 1 aliphatic carbocycles. The van der Waals surface area contributed by atoms with Gasteiger partial charge in [0.2, 0.25) is 12.1 Å². The largest absolute Gasteiger partial charge is 0.462 e. The molecule has 1 amide bonds. The van der Waals surface area contributed by atoms with Crippen LogP contribution in [0.15, 0.2) is 66.4 Å². The molecule has 2 unspecified atom stereocenters. The molecule has 6 rings (SSSR count). The minimum absolute atomic E-state index is 0.0171. The Bertz CT molecular complexity index is 2140. The molecule has 0 bridgehead atoms. The Morgan fingerprint density at radius 3 is 2.58 bits per heavy atom. The molecule has 0 spiro atoms. The van der Waals surface area contributed by atoms with Crippen LogP contribution in [0.3, 0.4) is 0 Å². The van der Waals surface area contributed by atoms with Gasteiger partial charge in [0.25, 0.3) is 5.91 Å². The number of nitrogens with one attached hydrogen (secondary N) is 3. The monoisotopic (exact) mass is 799 g/mol. The Labute approximate surface area is 320 Å². The van der Waals surface area contributed by atoms with E-state index in [0.717, 1.165) is 37.8 Å². The fourth-order valence-electron chi connectivity index (χ4n) is 5.93. The number of nitrogens with zero attached hydrogens (tertiary/aromatic N) is 5. The summed E-state index contributed by atoms with van der Waals surface area (Å²) in [7, 11) is -4.15. The highest BCUT2D eigenvalue weighted by Gasteiger charge is 2.34. The quantitative estimate of drug-likeness (QED) is 0.0413. The van der Waals surface area contributed by atoms with E-state index in [2.05, 4.69) is 30.6 Å². The molecule has 0 radical (unpaired) electrons. The van der Waals surface area contributed by atoms with E-state index in [0.29, 0.717) is 17.2 Å². The van der Waals surface area contributed by atoms with Crippen LogP contribution >= 0.6 is 19.1 Å². The van der Waals surface area contributed by atoms with Crippen molar-refractivity contribution in [3.63, 3.8) is 0 Å². The fraction of sp³-hybridized carbons (Fsp3) is 0.389. The molecule has 292 valence electrons. The van der Waals surface area contributed by atoms with Gasteiger partial charge in [0.1, 0.15) is 33.9 Å². The van der Waals surface area contributed by atoms with Crippen LogP contribution in [0.25, 0.3) is 22.0 Å². The van der Waals surface area contributed by atoms with Crippen molar-refractivity contribution >= 4 is 36.6 Å². The molecule has 0 aliphatic heterocycles. The van der Waals surface area contributed by atoms with Crippen LogP contribution in [-0.2, 0) is 30.1 Å². The topological polar surface area (TPSA) is 175 Å². The van der Waals surface area contributed by atoms with Crippen molar-refractivity contribution in [1.82, 2.24) is 29.9 Å². The molecule has 1 aromatic carbocycles. The minimum Gasteiger partial charge on any atom is -0.462 e. The molecule has 4 aromatic heterocycles. The first kappa shape index (κ1) is 39.8. The molecule has 15 nitrogen and oxygen atoms in total. The lowest BCUT2D eigenvalue weighted by atomic mass is 9.93. The van der Waals surface area contributed by atoms with Gasteiger partial charge in [-0.25, -0.2) is 23.6 Å². The lowest BCUT2D eigenvalue weighted by Gasteiger charge is -2.24. The smallest absolute Gasteiger partial charge is 0.461 e. The van der Waals surface area contributed by atoms with Crippen LogP contribution < -0.4 is 19.6 Å². The normalized spacial score (nSPS) is 17.4. The highest BCUT2D eigenvalue weighted by Crippen LogP contribution is 2.45. The van der Waals surface area contributed by atoms with Gasteiger partial charge < -0.3 is 19.3 Å². The summed E-state index contributed by atoms with van der Waals surface area (Å²) in [6, 6.07) is 9.25. The summed E-state index contributed by atoms with van der Waals surface area (Å²) in [5.74, 6) is -2.60. The number of hydrogen-bond donors (Lipinski definition) is 3. The third kappa shape index (κ3) is 10.3. The number of carbonyl (C=O) groups is 2. The van der Waals surface area contributed by atoms with Crippen molar-refractivity contribution in [1.29, 1.82) is 0 Å². The van der Waals surface area contributed by atoms with Crippen LogP contribution in [0.5, 0.6) is 5.75 Å². The van der Waals surface area contributed by atoms with Crippen molar-refractivity contribution in [3.8, 4) is 27.7 Å². The second-order valence-electron chi connectivity index (χ2n) is 13.0. The number of carbonyl (C=O) groups excluding carboxylic acids is 2. The third-order valence-electron chi connectivity index (χ3n) is 8.52. The first-order chi connectivity index (χ1) is 26.4. The van der Waals surface area contributed by atoms with Crippen LogP contribution in [0.2, 0.25) is 0 Å². The van der Waals surface area contributed by atoms with E-state index in [1.807, 2.05) is 6.92 Å². The fourth-order valence-corrected chi connectivity index (χ4v) is 8.13. The van der Waals surface area contributed by atoms with E-state index >= 15 is 0 Å². The van der Waals surface area contributed by atoms with E-state index in [9.17, 15) is 22.9 Å². The molecule has 19 heteroatoms. The van der Waals surface area contributed by atoms with Crippen molar-refractivity contribution in [3.05, 3.63) is 83.9 Å². The number of thiazole rings is 1. The van der Waals surface area contributed by atoms with Gasteiger partial charge in [-0.2, -0.15) is 19.7 Å². The van der Waals surface area contributed by atoms with Crippen LogP contribution in [0.4, 0.5) is 14.5 Å². The number of amides is 1. The number of hydrogen-bond acceptors (Lipinski definition) is 11. The predicted molar refractivity (Wildman–Crippen MR) is 198 cm³/mol. The van der Waals surface area contributed by atoms with Gasteiger partial charge >= 0.3 is 13.7 Å². The average molecular weight is 800 g/mol. The van der Waals surface area contributed by atoms with Crippen LogP contribution in [0.1, 0.15) is 69.9 Å². The Morgan fingerprint density at radius 2 is 1.85 bits per heavy atom. The standard InChI is InChI=1S/C36H41F2N8O7PS/c1-5-50-26-13-11-25(12-14-26)46-19-29(33(43-46)32-28(37)15-16-31(38)42-32)40-34(47)30-20-55-35(41-30)24-17-39-45(18-24)21-51-54(49,53-27-9-7-6-8-10-27)44-23(4)36(48)52-22(2)3/h6-10,15-20,22-23,25-26H,5,11-14,21H2,1-4H3,(H2,40,44,47,49)/p+1. The van der Waals surface area contributed by atoms with Crippen molar-refractivity contribution < 1.29 is 46.1 Å². The van der Waals surface area contributed by atoms with Gasteiger partial charge in [0.05, 0.1) is 18.4 Å². The van der Waals surface area contributed by atoms with Crippen LogP contribution in [0, 0.1) is 11.8 Å². The van der Waals surface area contributed by atoms with Gasteiger partial charge in [-0.05, 0) is 64.8 Å². The number of H-pyrrole nitrogens is 1. The summed E-state index contributed by atoms with van der Waals surface area (Å²) in [6.07, 6.45) is 7.77. The minimum atomic E-state index is -4.15. The summed E-state index contributed by atoms with van der Waals surface area (Å²) < 4.78 is 68.5. The zero-order valence-corrected chi connectivity index (χ0v) is 32.3. The molecule has 1 saturated carbocycles. The number of halogens is 2. The van der Waals surface area contributed by atoms with Gasteiger partial charge in [-0.15, -0.1) is 16.0 Å². The molecular formula is C36H42F2N8O7PS+. The average Bonchev–Trinajstić information content (AvgIpc) is 3.93. The number of ether oxygens (including phenoxy) is 2. The number of rotatable bonds is 16. The van der Waals surface area contributed by atoms with Gasteiger partial charge in [-0.1, -0.05) is 18.2 Å². The number of benzene rings is 1. The van der Waals surface area contributed by atoms with E-state index in [1.54, 1.807) is 66.6 Å². The third-order valence-corrected chi connectivity index (χ3v) is 11.0. The molecule has 1 fully saturated rings. The summed E-state index contributed by atoms with van der Waals surface area (Å²) in [5.41, 5.74) is 0.644. The molecule has 1 aliphatic rings. The Kier molecular flexibility index (Phi) is 12.8. The van der Waals surface area contributed by atoms with Crippen molar-refractivity contribution in [2.75, 3.05) is 11.9 Å². The number of pyridine rings is 1. The van der Waals surface area contributed by atoms with E-state index in [1.165, 1.54) is 29.1 Å². The molecule has 4 heterocycles. The summed E-state index contributed by atoms with van der Waals surface area (Å²) >= 11 is 1.18.